The molecule has 0 radical (unpaired) electrons. The normalized spacial score (nSPS) is 18.3. The highest BCUT2D eigenvalue weighted by atomic mass is 32.1. The summed E-state index contributed by atoms with van der Waals surface area (Å²) in [4.78, 5) is 19.9. The van der Waals surface area contributed by atoms with Crippen molar-refractivity contribution in [3.8, 4) is 11.5 Å². The van der Waals surface area contributed by atoms with E-state index in [0.717, 1.165) is 42.9 Å². The summed E-state index contributed by atoms with van der Waals surface area (Å²) in [5.41, 5.74) is 1.83. The van der Waals surface area contributed by atoms with Gasteiger partial charge in [0.15, 0.2) is 11.5 Å². The topological polar surface area (TPSA) is 63.7 Å². The average Bonchev–Trinajstić information content (AvgIpc) is 3.23. The molecule has 3 aromatic rings. The Morgan fingerprint density at radius 1 is 1.13 bits per heavy atom. The van der Waals surface area contributed by atoms with Gasteiger partial charge in [0.05, 0.1) is 21.3 Å². The molecule has 0 spiro atoms. The van der Waals surface area contributed by atoms with Crippen LogP contribution in [-0.2, 0) is 4.79 Å². The molecule has 1 unspecified atom stereocenters. The number of nitrogens with one attached hydrogen (secondary N) is 1. The predicted octanol–water partition coefficient (Wildman–Crippen LogP) is 4.27. The number of fused-ring (bicyclic) bond motifs is 2. The molecule has 5 rings (SSSR count). The van der Waals surface area contributed by atoms with Gasteiger partial charge < -0.3 is 14.8 Å². The number of hydrogen-bond acceptors (Lipinski definition) is 6. The molecule has 1 amide bonds. The van der Waals surface area contributed by atoms with Crippen LogP contribution in [0.15, 0.2) is 42.5 Å². The number of likely N-dealkylation sites (tertiary alicyclic amines) is 1. The van der Waals surface area contributed by atoms with Crippen molar-refractivity contribution in [1.82, 2.24) is 9.88 Å². The molecule has 1 saturated heterocycles. The van der Waals surface area contributed by atoms with E-state index in [0.29, 0.717) is 24.9 Å². The molecular formula is C23H25N3O3S. The van der Waals surface area contributed by atoms with E-state index in [1.807, 2.05) is 31.2 Å². The third-order valence-electron chi connectivity index (χ3n) is 5.93. The second kappa shape index (κ2) is 8.24. The lowest BCUT2D eigenvalue weighted by molar-refractivity contribution is -0.121. The third kappa shape index (κ3) is 3.87. The van der Waals surface area contributed by atoms with Crippen molar-refractivity contribution in [1.29, 1.82) is 0 Å². The summed E-state index contributed by atoms with van der Waals surface area (Å²) >= 11 is 1.80. The fraction of sp³-hybridized carbons (Fsp3) is 0.391. The van der Waals surface area contributed by atoms with E-state index >= 15 is 0 Å². The number of carbonyl (C=O) groups excluding carboxylic acids is 1. The van der Waals surface area contributed by atoms with Crippen LogP contribution in [0.1, 0.15) is 30.7 Å². The fourth-order valence-electron chi connectivity index (χ4n) is 4.13. The molecule has 0 aliphatic carbocycles. The number of hydrogen-bond donors (Lipinski definition) is 1. The minimum Gasteiger partial charge on any atom is -0.486 e. The monoisotopic (exact) mass is 423 g/mol. The Morgan fingerprint density at radius 3 is 2.70 bits per heavy atom. The SMILES string of the molecule is CC(C(=O)Nc1ccc2c(c1)OCCO2)N1CCC(c2nc3ccccc3s2)CC1. The smallest absolute Gasteiger partial charge is 0.241 e. The molecule has 156 valence electrons. The Labute approximate surface area is 179 Å². The number of nitrogens with zero attached hydrogens (tertiary/aromatic N) is 2. The number of thiazole rings is 1. The van der Waals surface area contributed by atoms with Crippen molar-refractivity contribution in [2.45, 2.75) is 31.7 Å². The summed E-state index contributed by atoms with van der Waals surface area (Å²) < 4.78 is 12.4. The van der Waals surface area contributed by atoms with Crippen LogP contribution in [0.25, 0.3) is 10.2 Å². The lowest BCUT2D eigenvalue weighted by Crippen LogP contribution is -2.45. The van der Waals surface area contributed by atoms with Crippen LogP contribution < -0.4 is 14.8 Å². The minimum absolute atomic E-state index is 0.00474. The van der Waals surface area contributed by atoms with E-state index in [2.05, 4.69) is 28.4 Å². The van der Waals surface area contributed by atoms with E-state index in [-0.39, 0.29) is 11.9 Å². The zero-order valence-corrected chi connectivity index (χ0v) is 17.8. The molecule has 1 aromatic heterocycles. The average molecular weight is 424 g/mol. The molecule has 0 bridgehead atoms. The Morgan fingerprint density at radius 2 is 1.90 bits per heavy atom. The molecule has 0 saturated carbocycles. The number of anilines is 1. The van der Waals surface area contributed by atoms with Gasteiger partial charge in [0.1, 0.15) is 13.2 Å². The van der Waals surface area contributed by atoms with E-state index < -0.39 is 0 Å². The van der Waals surface area contributed by atoms with E-state index in [1.54, 1.807) is 11.3 Å². The van der Waals surface area contributed by atoms with Crippen molar-refractivity contribution < 1.29 is 14.3 Å². The van der Waals surface area contributed by atoms with Gasteiger partial charge in [-0.1, -0.05) is 12.1 Å². The first-order valence-electron chi connectivity index (χ1n) is 10.5. The first-order valence-corrected chi connectivity index (χ1v) is 11.3. The van der Waals surface area contributed by atoms with Gasteiger partial charge in [-0.15, -0.1) is 11.3 Å². The quantitative estimate of drug-likeness (QED) is 0.679. The Balaban J connectivity index is 1.19. The van der Waals surface area contributed by atoms with Crippen molar-refractivity contribution in [3.63, 3.8) is 0 Å². The van der Waals surface area contributed by atoms with Crippen molar-refractivity contribution in [2.24, 2.45) is 0 Å². The number of amides is 1. The van der Waals surface area contributed by atoms with Gasteiger partial charge in [0, 0.05) is 17.7 Å². The number of ether oxygens (including phenoxy) is 2. The van der Waals surface area contributed by atoms with Crippen LogP contribution in [0.5, 0.6) is 11.5 Å². The van der Waals surface area contributed by atoms with Crippen LogP contribution in [0.3, 0.4) is 0 Å². The zero-order chi connectivity index (χ0) is 20.5. The van der Waals surface area contributed by atoms with Gasteiger partial charge >= 0.3 is 0 Å². The summed E-state index contributed by atoms with van der Waals surface area (Å²) in [6.07, 6.45) is 2.06. The summed E-state index contributed by atoms with van der Waals surface area (Å²) in [5.74, 6) is 1.89. The van der Waals surface area contributed by atoms with Crippen molar-refractivity contribution in [3.05, 3.63) is 47.5 Å². The molecular weight excluding hydrogens is 398 g/mol. The number of rotatable bonds is 4. The highest BCUT2D eigenvalue weighted by molar-refractivity contribution is 7.18. The molecule has 7 heteroatoms. The summed E-state index contributed by atoms with van der Waals surface area (Å²) in [6.45, 7) is 4.87. The number of piperidine rings is 1. The van der Waals surface area contributed by atoms with Crippen LogP contribution >= 0.6 is 11.3 Å². The predicted molar refractivity (Wildman–Crippen MR) is 119 cm³/mol. The largest absolute Gasteiger partial charge is 0.486 e. The van der Waals surface area contributed by atoms with E-state index in [1.165, 1.54) is 9.71 Å². The third-order valence-corrected chi connectivity index (χ3v) is 7.12. The van der Waals surface area contributed by atoms with Crippen molar-refractivity contribution in [2.75, 3.05) is 31.6 Å². The number of carbonyl (C=O) groups is 1. The van der Waals surface area contributed by atoms with Gasteiger partial charge in [-0.05, 0) is 57.1 Å². The number of para-hydroxylation sites is 1. The van der Waals surface area contributed by atoms with Crippen LogP contribution in [-0.4, -0.2) is 48.1 Å². The van der Waals surface area contributed by atoms with Crippen LogP contribution in [0.4, 0.5) is 5.69 Å². The summed E-state index contributed by atoms with van der Waals surface area (Å²) in [7, 11) is 0. The van der Waals surface area contributed by atoms with Gasteiger partial charge in [-0.3, -0.25) is 9.69 Å². The second-order valence-corrected chi connectivity index (χ2v) is 8.92. The number of aromatic nitrogens is 1. The summed E-state index contributed by atoms with van der Waals surface area (Å²) in [5, 5.41) is 4.25. The Hall–Kier alpha value is -2.64. The van der Waals surface area contributed by atoms with E-state index in [9.17, 15) is 4.79 Å². The maximum atomic E-state index is 12.8. The van der Waals surface area contributed by atoms with Crippen molar-refractivity contribution >= 4 is 33.1 Å². The second-order valence-electron chi connectivity index (χ2n) is 7.85. The zero-order valence-electron chi connectivity index (χ0n) is 17.0. The molecule has 6 nitrogen and oxygen atoms in total. The van der Waals surface area contributed by atoms with Gasteiger partial charge in [-0.2, -0.15) is 0 Å². The number of benzene rings is 2. The molecule has 30 heavy (non-hydrogen) atoms. The van der Waals surface area contributed by atoms with E-state index in [4.69, 9.17) is 14.5 Å². The minimum atomic E-state index is -0.186. The summed E-state index contributed by atoms with van der Waals surface area (Å²) in [6, 6.07) is 13.7. The Bertz CT molecular complexity index is 1030. The highest BCUT2D eigenvalue weighted by Gasteiger charge is 2.29. The molecule has 2 aromatic carbocycles. The fourth-order valence-corrected chi connectivity index (χ4v) is 5.27. The van der Waals surface area contributed by atoms with Crippen LogP contribution in [0, 0.1) is 0 Å². The van der Waals surface area contributed by atoms with Gasteiger partial charge in [-0.25, -0.2) is 4.98 Å². The first kappa shape index (κ1) is 19.3. The molecule has 3 heterocycles. The molecule has 2 aliphatic rings. The Kier molecular flexibility index (Phi) is 5.31. The molecule has 1 atom stereocenters. The molecule has 2 aliphatic heterocycles. The lowest BCUT2D eigenvalue weighted by Gasteiger charge is -2.34. The standard InChI is InChI=1S/C23H25N3O3S/c1-15(22(27)24-17-6-7-19-20(14-17)29-13-12-28-19)26-10-8-16(9-11-26)23-25-18-4-2-3-5-21(18)30-23/h2-7,14-16H,8-13H2,1H3,(H,24,27). The highest BCUT2D eigenvalue weighted by Crippen LogP contribution is 2.35. The maximum Gasteiger partial charge on any atom is 0.241 e. The van der Waals surface area contributed by atoms with Gasteiger partial charge in [0.25, 0.3) is 0 Å². The maximum absolute atomic E-state index is 12.8. The van der Waals surface area contributed by atoms with Crippen LogP contribution in [0.2, 0.25) is 0 Å². The van der Waals surface area contributed by atoms with Gasteiger partial charge in [0.2, 0.25) is 5.91 Å². The molecule has 1 fully saturated rings. The lowest BCUT2D eigenvalue weighted by atomic mass is 9.96. The first-order chi connectivity index (χ1) is 14.7. The molecule has 1 N–H and O–H groups in total.